The molecule has 0 aliphatic carbocycles. The predicted octanol–water partition coefficient (Wildman–Crippen LogP) is 5.66. The molecule has 4 N–H and O–H groups in total. The first-order valence-corrected chi connectivity index (χ1v) is 10.2. The summed E-state index contributed by atoms with van der Waals surface area (Å²) in [4.78, 5) is 8.30. The third kappa shape index (κ3) is 4.50. The van der Waals surface area contributed by atoms with E-state index in [0.29, 0.717) is 28.0 Å². The topological polar surface area (TPSA) is 87.0 Å². The van der Waals surface area contributed by atoms with E-state index in [1.165, 1.54) is 6.07 Å². The van der Waals surface area contributed by atoms with Crippen molar-refractivity contribution in [2.75, 3.05) is 11.5 Å². The summed E-state index contributed by atoms with van der Waals surface area (Å²) in [6.45, 7) is 0.0215. The zero-order valence-electron chi connectivity index (χ0n) is 15.9. The molecule has 31 heavy (non-hydrogen) atoms. The molecule has 4 aromatic rings. The molecule has 0 bridgehead atoms. The van der Waals surface area contributed by atoms with Gasteiger partial charge in [-0.15, -0.1) is 0 Å². The monoisotopic (exact) mass is 536 g/mol. The second-order valence-corrected chi connectivity index (χ2v) is 7.96. The van der Waals surface area contributed by atoms with Crippen LogP contribution in [0.4, 0.5) is 24.9 Å². The van der Waals surface area contributed by atoms with Crippen molar-refractivity contribution >= 4 is 45.3 Å². The lowest BCUT2D eigenvalue weighted by atomic mass is 10.0. The summed E-state index contributed by atoms with van der Waals surface area (Å²) < 4.78 is 45.3. The van der Waals surface area contributed by atoms with Crippen molar-refractivity contribution in [2.45, 2.75) is 12.8 Å². The van der Waals surface area contributed by atoms with E-state index >= 15 is 0 Å². The van der Waals surface area contributed by atoms with Crippen LogP contribution in [0.2, 0.25) is 0 Å². The number of alkyl halides is 3. The summed E-state index contributed by atoms with van der Waals surface area (Å²) in [5, 5.41) is 0.701. The number of aromatic nitrogens is 2. The Hall–Kier alpha value is -3.08. The van der Waals surface area contributed by atoms with Gasteiger partial charge < -0.3 is 16.2 Å². The Bertz CT molecular complexity index is 1280. The van der Waals surface area contributed by atoms with E-state index in [9.17, 15) is 13.2 Å². The first kappa shape index (κ1) is 21.2. The van der Waals surface area contributed by atoms with E-state index in [1.54, 1.807) is 12.1 Å². The standard InChI is InChI=1S/C22H16F3IN4O/c23-22(24,25)13-4-1-3-12(9-13)11-31-14-7-8-15(17(26)10-14)16-5-2-6-18-19(16)20(27)30-21(28)29-18/h1-10H,11H2,(H4,27,28,29,30). The Kier molecular flexibility index (Phi) is 5.61. The SMILES string of the molecule is Nc1nc(N)c2c(-c3ccc(OCc4cccc(C(F)(F)F)c4)cc3I)cccc2n1. The molecule has 0 saturated carbocycles. The Morgan fingerprint density at radius 1 is 0.903 bits per heavy atom. The van der Waals surface area contributed by atoms with Gasteiger partial charge in [0.05, 0.1) is 16.5 Å². The zero-order chi connectivity index (χ0) is 22.2. The molecule has 0 unspecified atom stereocenters. The largest absolute Gasteiger partial charge is 0.489 e. The minimum atomic E-state index is -4.39. The molecule has 9 heteroatoms. The van der Waals surface area contributed by atoms with Crippen molar-refractivity contribution < 1.29 is 17.9 Å². The highest BCUT2D eigenvalue weighted by molar-refractivity contribution is 14.1. The smallest absolute Gasteiger partial charge is 0.416 e. The highest BCUT2D eigenvalue weighted by atomic mass is 127. The number of hydrogen-bond donors (Lipinski definition) is 2. The second kappa shape index (κ2) is 8.22. The zero-order valence-corrected chi connectivity index (χ0v) is 18.1. The quantitative estimate of drug-likeness (QED) is 0.329. The predicted molar refractivity (Wildman–Crippen MR) is 122 cm³/mol. The van der Waals surface area contributed by atoms with Crippen molar-refractivity contribution in [3.05, 3.63) is 75.4 Å². The molecular weight excluding hydrogens is 520 g/mol. The maximum Gasteiger partial charge on any atom is 0.416 e. The number of fused-ring (bicyclic) bond motifs is 1. The number of ether oxygens (including phenoxy) is 1. The fraction of sp³-hybridized carbons (Fsp3) is 0.0909. The molecule has 0 saturated heterocycles. The Balaban J connectivity index is 1.61. The van der Waals surface area contributed by atoms with Gasteiger partial charge >= 0.3 is 6.18 Å². The van der Waals surface area contributed by atoms with Gasteiger partial charge in [0.25, 0.3) is 0 Å². The minimum Gasteiger partial charge on any atom is -0.489 e. The maximum atomic E-state index is 12.9. The summed E-state index contributed by atoms with van der Waals surface area (Å²) in [6, 6.07) is 16.1. The third-order valence-electron chi connectivity index (χ3n) is 4.66. The summed E-state index contributed by atoms with van der Waals surface area (Å²) in [6.07, 6.45) is -4.39. The van der Waals surface area contributed by atoms with Crippen molar-refractivity contribution in [3.63, 3.8) is 0 Å². The van der Waals surface area contributed by atoms with Gasteiger partial charge in [-0.25, -0.2) is 4.98 Å². The van der Waals surface area contributed by atoms with Crippen LogP contribution in [0.25, 0.3) is 22.0 Å². The first-order valence-electron chi connectivity index (χ1n) is 9.13. The number of benzene rings is 3. The van der Waals surface area contributed by atoms with Crippen LogP contribution in [-0.4, -0.2) is 9.97 Å². The fourth-order valence-corrected chi connectivity index (χ4v) is 4.04. The number of rotatable bonds is 4. The van der Waals surface area contributed by atoms with Gasteiger partial charge in [0.2, 0.25) is 5.95 Å². The first-order chi connectivity index (χ1) is 14.7. The van der Waals surface area contributed by atoms with Gasteiger partial charge in [-0.1, -0.05) is 24.3 Å². The molecular formula is C22H16F3IN4O. The summed E-state index contributed by atoms with van der Waals surface area (Å²) in [7, 11) is 0. The van der Waals surface area contributed by atoms with Crippen LogP contribution < -0.4 is 16.2 Å². The van der Waals surface area contributed by atoms with Crippen LogP contribution >= 0.6 is 22.6 Å². The van der Waals surface area contributed by atoms with E-state index < -0.39 is 11.7 Å². The molecule has 0 fully saturated rings. The maximum absolute atomic E-state index is 12.9. The summed E-state index contributed by atoms with van der Waals surface area (Å²) in [5.74, 6) is 0.938. The lowest BCUT2D eigenvalue weighted by molar-refractivity contribution is -0.137. The van der Waals surface area contributed by atoms with Crippen molar-refractivity contribution in [3.8, 4) is 16.9 Å². The van der Waals surface area contributed by atoms with Crippen molar-refractivity contribution in [2.24, 2.45) is 0 Å². The Labute approximate surface area is 189 Å². The average molecular weight is 536 g/mol. The van der Waals surface area contributed by atoms with E-state index in [0.717, 1.165) is 26.8 Å². The van der Waals surface area contributed by atoms with Gasteiger partial charge in [0, 0.05) is 3.57 Å². The number of nitrogen functional groups attached to an aromatic ring is 2. The number of halogens is 4. The number of nitrogens with two attached hydrogens (primary N) is 2. The summed E-state index contributed by atoms with van der Waals surface area (Å²) in [5.41, 5.74) is 13.9. The van der Waals surface area contributed by atoms with Crippen molar-refractivity contribution in [1.82, 2.24) is 9.97 Å². The number of anilines is 2. The molecule has 1 heterocycles. The van der Waals surface area contributed by atoms with E-state index in [1.807, 2.05) is 30.3 Å². The van der Waals surface area contributed by atoms with Crippen LogP contribution in [0.5, 0.6) is 5.75 Å². The second-order valence-electron chi connectivity index (χ2n) is 6.80. The van der Waals surface area contributed by atoms with Gasteiger partial charge in [0.15, 0.2) is 0 Å². The fourth-order valence-electron chi connectivity index (χ4n) is 3.26. The van der Waals surface area contributed by atoms with Crippen LogP contribution in [0, 0.1) is 3.57 Å². The molecule has 4 rings (SSSR count). The molecule has 1 aromatic heterocycles. The Morgan fingerprint density at radius 3 is 2.42 bits per heavy atom. The molecule has 0 spiro atoms. The molecule has 5 nitrogen and oxygen atoms in total. The Morgan fingerprint density at radius 2 is 1.68 bits per heavy atom. The molecule has 0 aliphatic heterocycles. The molecule has 0 aliphatic rings. The van der Waals surface area contributed by atoms with Crippen LogP contribution in [0.1, 0.15) is 11.1 Å². The minimum absolute atomic E-state index is 0.0215. The van der Waals surface area contributed by atoms with Gasteiger partial charge in [0.1, 0.15) is 18.2 Å². The highest BCUT2D eigenvalue weighted by Gasteiger charge is 2.30. The average Bonchev–Trinajstić information content (AvgIpc) is 2.71. The van der Waals surface area contributed by atoms with Gasteiger partial charge in [-0.05, 0) is 75.7 Å². The molecule has 0 atom stereocenters. The van der Waals surface area contributed by atoms with E-state index in [-0.39, 0.29) is 12.6 Å². The van der Waals surface area contributed by atoms with Crippen LogP contribution in [-0.2, 0) is 12.8 Å². The molecule has 0 amide bonds. The normalized spacial score (nSPS) is 11.6. The lowest BCUT2D eigenvalue weighted by Gasteiger charge is -2.13. The highest BCUT2D eigenvalue weighted by Crippen LogP contribution is 2.36. The van der Waals surface area contributed by atoms with E-state index in [4.69, 9.17) is 16.2 Å². The van der Waals surface area contributed by atoms with E-state index in [2.05, 4.69) is 32.6 Å². The summed E-state index contributed by atoms with van der Waals surface area (Å²) >= 11 is 2.18. The van der Waals surface area contributed by atoms with Gasteiger partial charge in [-0.3, -0.25) is 0 Å². The van der Waals surface area contributed by atoms with Crippen molar-refractivity contribution in [1.29, 1.82) is 0 Å². The lowest BCUT2D eigenvalue weighted by Crippen LogP contribution is -2.06. The van der Waals surface area contributed by atoms with Crippen LogP contribution in [0.15, 0.2) is 60.7 Å². The molecule has 3 aromatic carbocycles. The van der Waals surface area contributed by atoms with Gasteiger partial charge in [-0.2, -0.15) is 18.2 Å². The number of nitrogens with zero attached hydrogens (tertiary/aromatic N) is 2. The van der Waals surface area contributed by atoms with Crippen LogP contribution in [0.3, 0.4) is 0 Å². The third-order valence-corrected chi connectivity index (χ3v) is 5.55. The molecule has 158 valence electrons. The molecule has 0 radical (unpaired) electrons. The number of hydrogen-bond acceptors (Lipinski definition) is 5.